The molecule has 2 aromatic heterocycles. The number of aromatic nitrogens is 1. The summed E-state index contributed by atoms with van der Waals surface area (Å²) in [6.07, 6.45) is 4.02. The minimum absolute atomic E-state index is 0. The van der Waals surface area contributed by atoms with E-state index in [0.29, 0.717) is 5.75 Å². The SMILES string of the molecule is COc1ccc2cc3c4cc(C)c(C)c(C)c4cc[n+]3cc2c1O.[Br-]. The van der Waals surface area contributed by atoms with Gasteiger partial charge in [0.05, 0.1) is 17.9 Å². The van der Waals surface area contributed by atoms with Crippen LogP contribution in [0.2, 0.25) is 0 Å². The van der Waals surface area contributed by atoms with Crippen molar-refractivity contribution < 1.29 is 31.2 Å². The van der Waals surface area contributed by atoms with Gasteiger partial charge in [0.2, 0.25) is 5.52 Å². The predicted octanol–water partition coefficient (Wildman–Crippen LogP) is 1.38. The van der Waals surface area contributed by atoms with Crippen molar-refractivity contribution in [2.75, 3.05) is 7.11 Å². The summed E-state index contributed by atoms with van der Waals surface area (Å²) in [4.78, 5) is 0. The lowest BCUT2D eigenvalue weighted by Crippen LogP contribution is -3.00. The second kappa shape index (κ2) is 6.19. The number of hydrogen-bond donors (Lipinski definition) is 1. The van der Waals surface area contributed by atoms with Gasteiger partial charge in [0.1, 0.15) is 0 Å². The lowest BCUT2D eigenvalue weighted by atomic mass is 9.96. The summed E-state index contributed by atoms with van der Waals surface area (Å²) >= 11 is 0. The normalized spacial score (nSPS) is 11.0. The number of phenolic OH excluding ortho intramolecular Hbond substituents is 1. The molecule has 3 nitrogen and oxygen atoms in total. The summed E-state index contributed by atoms with van der Waals surface area (Å²) in [5.74, 6) is 0.673. The van der Waals surface area contributed by atoms with Crippen molar-refractivity contribution in [1.29, 1.82) is 0 Å². The van der Waals surface area contributed by atoms with Crippen LogP contribution >= 0.6 is 0 Å². The molecule has 0 aliphatic rings. The topological polar surface area (TPSA) is 33.6 Å². The Balaban J connectivity index is 0.00000182. The first-order chi connectivity index (χ1) is 11.5. The molecule has 2 heterocycles. The summed E-state index contributed by atoms with van der Waals surface area (Å²) < 4.78 is 7.29. The molecule has 0 amide bonds. The quantitative estimate of drug-likeness (QED) is 0.299. The van der Waals surface area contributed by atoms with Crippen LogP contribution in [0.5, 0.6) is 11.5 Å². The number of hydrogen-bond acceptors (Lipinski definition) is 2. The average molecular weight is 398 g/mol. The van der Waals surface area contributed by atoms with Gasteiger partial charge in [-0.2, -0.15) is 4.40 Å². The smallest absolute Gasteiger partial charge is 0.219 e. The monoisotopic (exact) mass is 397 g/mol. The van der Waals surface area contributed by atoms with Gasteiger partial charge in [-0.25, -0.2) is 0 Å². The molecule has 4 rings (SSSR count). The molecule has 0 saturated carbocycles. The van der Waals surface area contributed by atoms with E-state index in [-0.39, 0.29) is 22.7 Å². The molecule has 25 heavy (non-hydrogen) atoms. The van der Waals surface area contributed by atoms with E-state index in [2.05, 4.69) is 49.6 Å². The molecule has 0 atom stereocenters. The third-order valence-electron chi connectivity index (χ3n) is 5.16. The fourth-order valence-electron chi connectivity index (χ4n) is 3.48. The molecule has 0 aliphatic carbocycles. The van der Waals surface area contributed by atoms with Gasteiger partial charge in [-0.05, 0) is 66.4 Å². The molecule has 0 fully saturated rings. The van der Waals surface area contributed by atoms with Crippen LogP contribution in [0.15, 0.2) is 42.7 Å². The number of benzene rings is 2. The molecule has 128 valence electrons. The van der Waals surface area contributed by atoms with E-state index >= 15 is 0 Å². The summed E-state index contributed by atoms with van der Waals surface area (Å²) in [6.45, 7) is 6.51. The fourth-order valence-corrected chi connectivity index (χ4v) is 3.48. The van der Waals surface area contributed by atoms with E-state index < -0.39 is 0 Å². The Kier molecular flexibility index (Phi) is 4.33. The highest BCUT2D eigenvalue weighted by atomic mass is 79.9. The zero-order chi connectivity index (χ0) is 17.0. The maximum atomic E-state index is 10.4. The molecule has 4 heteroatoms. The first kappa shape index (κ1) is 17.5. The lowest BCUT2D eigenvalue weighted by Gasteiger charge is -2.10. The molecule has 2 aromatic carbocycles. The van der Waals surface area contributed by atoms with E-state index in [1.807, 2.05) is 12.3 Å². The summed E-state index contributed by atoms with van der Waals surface area (Å²) in [6, 6.07) is 10.3. The number of halogens is 1. The first-order valence-electron chi connectivity index (χ1n) is 8.05. The van der Waals surface area contributed by atoms with Crippen LogP contribution in [0.25, 0.3) is 27.1 Å². The largest absolute Gasteiger partial charge is 1.00 e. The highest BCUT2D eigenvalue weighted by Crippen LogP contribution is 2.35. The van der Waals surface area contributed by atoms with Crippen molar-refractivity contribution in [2.45, 2.75) is 20.8 Å². The molecule has 0 bridgehead atoms. The van der Waals surface area contributed by atoms with Gasteiger partial charge >= 0.3 is 0 Å². The highest BCUT2D eigenvalue weighted by Gasteiger charge is 2.16. The van der Waals surface area contributed by atoms with Crippen LogP contribution in [-0.2, 0) is 0 Å². The van der Waals surface area contributed by atoms with Crippen molar-refractivity contribution >= 4 is 27.1 Å². The summed E-state index contributed by atoms with van der Waals surface area (Å²) in [5.41, 5.74) is 5.10. The third kappa shape index (κ3) is 2.52. The van der Waals surface area contributed by atoms with E-state index in [1.165, 1.54) is 27.5 Å². The third-order valence-corrected chi connectivity index (χ3v) is 5.16. The Morgan fingerprint density at radius 2 is 1.68 bits per heavy atom. The number of methoxy groups -OCH3 is 1. The Hall–Kier alpha value is -2.33. The molecule has 0 radical (unpaired) electrons. The number of pyridine rings is 2. The Bertz CT molecular complexity index is 1140. The average Bonchev–Trinajstić information content (AvgIpc) is 2.59. The van der Waals surface area contributed by atoms with Crippen LogP contribution in [0.3, 0.4) is 0 Å². The number of ether oxygens (including phenoxy) is 1. The zero-order valence-electron chi connectivity index (χ0n) is 14.7. The maximum Gasteiger partial charge on any atom is 0.219 e. The summed E-state index contributed by atoms with van der Waals surface area (Å²) in [5, 5.41) is 14.7. The van der Waals surface area contributed by atoms with Crippen molar-refractivity contribution in [3.05, 3.63) is 59.4 Å². The number of rotatable bonds is 1. The van der Waals surface area contributed by atoms with Crippen LogP contribution < -0.4 is 26.1 Å². The minimum atomic E-state index is 0. The molecule has 0 saturated heterocycles. The van der Waals surface area contributed by atoms with Crippen LogP contribution in [0, 0.1) is 20.8 Å². The van der Waals surface area contributed by atoms with Crippen molar-refractivity contribution in [3.63, 3.8) is 0 Å². The van der Waals surface area contributed by atoms with Crippen molar-refractivity contribution in [2.24, 2.45) is 0 Å². The van der Waals surface area contributed by atoms with Gasteiger partial charge < -0.3 is 26.8 Å². The molecular formula is C21H20BrNO2. The van der Waals surface area contributed by atoms with Crippen LogP contribution in [0.1, 0.15) is 16.7 Å². The number of nitrogens with zero attached hydrogens (tertiary/aromatic N) is 1. The van der Waals surface area contributed by atoms with Crippen molar-refractivity contribution in [3.8, 4) is 11.5 Å². The Labute approximate surface area is 157 Å². The molecule has 0 spiro atoms. The van der Waals surface area contributed by atoms with Gasteiger partial charge in [-0.3, -0.25) is 0 Å². The zero-order valence-corrected chi connectivity index (χ0v) is 16.3. The van der Waals surface area contributed by atoms with E-state index in [0.717, 1.165) is 16.3 Å². The van der Waals surface area contributed by atoms with E-state index in [4.69, 9.17) is 4.74 Å². The molecule has 0 unspecified atom stereocenters. The summed E-state index contributed by atoms with van der Waals surface area (Å²) in [7, 11) is 1.57. The molecule has 4 aromatic rings. The first-order valence-corrected chi connectivity index (χ1v) is 8.05. The molecular weight excluding hydrogens is 378 g/mol. The number of phenols is 1. The fraction of sp³-hybridized carbons (Fsp3) is 0.190. The van der Waals surface area contributed by atoms with Gasteiger partial charge in [0.25, 0.3) is 0 Å². The van der Waals surface area contributed by atoms with Crippen molar-refractivity contribution in [1.82, 2.24) is 0 Å². The molecule has 1 N–H and O–H groups in total. The molecule has 0 aliphatic heterocycles. The van der Waals surface area contributed by atoms with Gasteiger partial charge in [0.15, 0.2) is 23.9 Å². The van der Waals surface area contributed by atoms with Gasteiger partial charge in [0, 0.05) is 12.1 Å². The Morgan fingerprint density at radius 3 is 2.40 bits per heavy atom. The van der Waals surface area contributed by atoms with Crippen LogP contribution in [0.4, 0.5) is 0 Å². The Morgan fingerprint density at radius 1 is 0.920 bits per heavy atom. The van der Waals surface area contributed by atoms with E-state index in [1.54, 1.807) is 13.2 Å². The van der Waals surface area contributed by atoms with Gasteiger partial charge in [-0.15, -0.1) is 0 Å². The highest BCUT2D eigenvalue weighted by molar-refractivity contribution is 6.00. The minimum Gasteiger partial charge on any atom is -1.00 e. The lowest BCUT2D eigenvalue weighted by molar-refractivity contribution is -0.509. The number of fused-ring (bicyclic) bond motifs is 4. The predicted molar refractivity (Wildman–Crippen MR) is 97.0 cm³/mol. The van der Waals surface area contributed by atoms with E-state index in [9.17, 15) is 5.11 Å². The second-order valence-corrected chi connectivity index (χ2v) is 6.41. The number of aromatic hydroxyl groups is 1. The standard InChI is InChI=1S/C21H19NO2.BrH/c1-12-9-17-16(14(3)13(12)2)7-8-22-11-18-15(10-19(17)22)5-6-20(24-4)21(18)23;/h5-11H,1-4H3;1H. The number of aryl methyl sites for hydroxylation is 2. The maximum absolute atomic E-state index is 10.4. The van der Waals surface area contributed by atoms with Gasteiger partial charge in [-0.1, -0.05) is 0 Å². The second-order valence-electron chi connectivity index (χ2n) is 6.41. The van der Waals surface area contributed by atoms with Crippen LogP contribution in [-0.4, -0.2) is 12.2 Å².